The summed E-state index contributed by atoms with van der Waals surface area (Å²) in [4.78, 5) is 23.9. The number of carbonyl (C=O) groups is 2. The monoisotopic (exact) mass is 272 g/mol. The molecule has 2 aliphatic heterocycles. The molecule has 4 heteroatoms. The second-order valence-corrected chi connectivity index (χ2v) is 6.51. The number of fused-ring (bicyclic) bond motifs is 2. The van der Waals surface area contributed by atoms with Gasteiger partial charge in [-0.3, -0.25) is 4.79 Å². The fourth-order valence-corrected chi connectivity index (χ4v) is 4.39. The van der Waals surface area contributed by atoms with E-state index in [1.807, 2.05) is 19.1 Å². The van der Waals surface area contributed by atoms with Crippen LogP contribution in [0.4, 0.5) is 0 Å². The summed E-state index contributed by atoms with van der Waals surface area (Å²) >= 11 is 0. The molecule has 104 valence electrons. The highest BCUT2D eigenvalue weighted by Crippen LogP contribution is 2.61. The van der Waals surface area contributed by atoms with Gasteiger partial charge in [0.15, 0.2) is 0 Å². The highest BCUT2D eigenvalue weighted by atomic mass is 16.6. The number of ether oxygens (including phenoxy) is 2. The molecule has 4 aliphatic rings. The van der Waals surface area contributed by atoms with Gasteiger partial charge < -0.3 is 9.47 Å². The number of rotatable bonds is 0. The molecule has 0 spiro atoms. The molecular formula is C16H16O4. The molecular weight excluding hydrogens is 256 g/mol. The first-order valence-electron chi connectivity index (χ1n) is 6.94. The summed E-state index contributed by atoms with van der Waals surface area (Å²) in [5.74, 6) is -0.387. The third-order valence-corrected chi connectivity index (χ3v) is 5.30. The summed E-state index contributed by atoms with van der Waals surface area (Å²) < 4.78 is 10.7. The van der Waals surface area contributed by atoms with E-state index in [2.05, 4.69) is 13.0 Å². The minimum Gasteiger partial charge on any atom is -0.458 e. The minimum absolute atomic E-state index is 0.0494. The van der Waals surface area contributed by atoms with Gasteiger partial charge in [0.25, 0.3) is 0 Å². The molecule has 0 bridgehead atoms. The number of hydrogen-bond donors (Lipinski definition) is 0. The largest absolute Gasteiger partial charge is 0.458 e. The number of esters is 2. The van der Waals surface area contributed by atoms with E-state index < -0.39 is 5.41 Å². The van der Waals surface area contributed by atoms with Gasteiger partial charge in [-0.2, -0.15) is 0 Å². The third kappa shape index (κ3) is 1.22. The van der Waals surface area contributed by atoms with E-state index in [-0.39, 0.29) is 36.0 Å². The molecule has 1 unspecified atom stereocenters. The van der Waals surface area contributed by atoms with E-state index >= 15 is 0 Å². The van der Waals surface area contributed by atoms with E-state index in [1.54, 1.807) is 6.08 Å². The van der Waals surface area contributed by atoms with Crippen LogP contribution in [0.2, 0.25) is 0 Å². The minimum atomic E-state index is -0.502. The van der Waals surface area contributed by atoms with Gasteiger partial charge in [-0.15, -0.1) is 0 Å². The van der Waals surface area contributed by atoms with Crippen molar-refractivity contribution in [2.75, 3.05) is 6.61 Å². The Hall–Kier alpha value is -1.84. The molecule has 2 heterocycles. The topological polar surface area (TPSA) is 52.6 Å². The third-order valence-electron chi connectivity index (χ3n) is 5.30. The van der Waals surface area contributed by atoms with Gasteiger partial charge in [0, 0.05) is 17.4 Å². The fourth-order valence-electron chi connectivity index (χ4n) is 4.39. The Kier molecular flexibility index (Phi) is 2.05. The summed E-state index contributed by atoms with van der Waals surface area (Å²) in [6.45, 7) is 4.34. The Balaban J connectivity index is 1.97. The molecule has 1 fully saturated rings. The van der Waals surface area contributed by atoms with Crippen LogP contribution in [0.25, 0.3) is 0 Å². The Bertz CT molecular complexity index is 626. The predicted molar refractivity (Wildman–Crippen MR) is 70.5 cm³/mol. The first-order valence-corrected chi connectivity index (χ1v) is 6.94. The number of allylic oxidation sites excluding steroid dienone is 2. The molecule has 0 radical (unpaired) electrons. The van der Waals surface area contributed by atoms with Crippen molar-refractivity contribution in [3.8, 4) is 0 Å². The lowest BCUT2D eigenvalue weighted by Gasteiger charge is -2.48. The average molecular weight is 272 g/mol. The molecule has 0 saturated carbocycles. The SMILES string of the molecule is C[C@@]12C=CC[C@]3(C)C(=O)O[C@H](C=C4COC(=O)C=C41)C23. The molecule has 0 aromatic rings. The van der Waals surface area contributed by atoms with Gasteiger partial charge in [-0.25, -0.2) is 4.79 Å². The smallest absolute Gasteiger partial charge is 0.331 e. The molecule has 0 N–H and O–H groups in total. The number of hydrogen-bond acceptors (Lipinski definition) is 4. The van der Waals surface area contributed by atoms with Crippen LogP contribution in [0.5, 0.6) is 0 Å². The molecule has 4 atom stereocenters. The standard InChI is InChI=1S/C16H16O4/c1-15-4-3-5-16(2)13(15)11(20-14(16)18)6-9-8-19-12(17)7-10(9)15/h3-4,6-7,11,13H,5,8H2,1-2H3/t11-,13?,15-,16+/m1/s1. The van der Waals surface area contributed by atoms with Crippen LogP contribution in [0.15, 0.2) is 35.5 Å². The zero-order chi connectivity index (χ0) is 14.1. The zero-order valence-corrected chi connectivity index (χ0v) is 11.5. The molecule has 0 aromatic heterocycles. The maximum absolute atomic E-state index is 12.3. The first-order chi connectivity index (χ1) is 9.45. The predicted octanol–water partition coefficient (Wildman–Crippen LogP) is 1.92. The second-order valence-electron chi connectivity index (χ2n) is 6.51. The normalized spacial score (nSPS) is 44.9. The van der Waals surface area contributed by atoms with Gasteiger partial charge in [0.2, 0.25) is 0 Å². The zero-order valence-electron chi connectivity index (χ0n) is 11.5. The summed E-state index contributed by atoms with van der Waals surface area (Å²) in [6.07, 6.45) is 8.20. The van der Waals surface area contributed by atoms with Gasteiger partial charge in [0.1, 0.15) is 12.7 Å². The van der Waals surface area contributed by atoms with Crippen LogP contribution in [0.3, 0.4) is 0 Å². The van der Waals surface area contributed by atoms with Gasteiger partial charge in [-0.05, 0) is 30.6 Å². The molecule has 20 heavy (non-hydrogen) atoms. The highest BCUT2D eigenvalue weighted by molar-refractivity contribution is 5.87. The van der Waals surface area contributed by atoms with E-state index in [1.165, 1.54) is 0 Å². The quantitative estimate of drug-likeness (QED) is 0.499. The van der Waals surface area contributed by atoms with Crippen LogP contribution in [0.1, 0.15) is 20.3 Å². The van der Waals surface area contributed by atoms with Gasteiger partial charge in [0.05, 0.1) is 5.41 Å². The summed E-state index contributed by atoms with van der Waals surface area (Å²) in [5, 5.41) is 0. The van der Waals surface area contributed by atoms with Crippen LogP contribution in [0, 0.1) is 16.7 Å². The van der Waals surface area contributed by atoms with Crippen molar-refractivity contribution in [2.45, 2.75) is 26.4 Å². The molecule has 4 rings (SSSR count). The van der Waals surface area contributed by atoms with Crippen molar-refractivity contribution in [1.29, 1.82) is 0 Å². The van der Waals surface area contributed by atoms with Crippen molar-refractivity contribution in [2.24, 2.45) is 16.7 Å². The Morgan fingerprint density at radius 1 is 1.30 bits per heavy atom. The first kappa shape index (κ1) is 11.9. The summed E-state index contributed by atoms with van der Waals surface area (Å²) in [7, 11) is 0. The number of cyclic esters (lactones) is 1. The average Bonchev–Trinajstić information content (AvgIpc) is 2.64. The molecule has 1 saturated heterocycles. The van der Waals surface area contributed by atoms with Crippen LogP contribution >= 0.6 is 0 Å². The van der Waals surface area contributed by atoms with E-state index in [9.17, 15) is 9.59 Å². The second kappa shape index (κ2) is 3.43. The maximum Gasteiger partial charge on any atom is 0.331 e. The van der Waals surface area contributed by atoms with Crippen molar-refractivity contribution >= 4 is 11.9 Å². The van der Waals surface area contributed by atoms with Crippen LogP contribution in [-0.4, -0.2) is 24.6 Å². The lowest BCUT2D eigenvalue weighted by Crippen LogP contribution is -2.48. The van der Waals surface area contributed by atoms with E-state index in [4.69, 9.17) is 9.47 Å². The maximum atomic E-state index is 12.3. The molecule has 0 amide bonds. The van der Waals surface area contributed by atoms with Crippen LogP contribution in [-0.2, 0) is 19.1 Å². The molecule has 4 nitrogen and oxygen atoms in total. The summed E-state index contributed by atoms with van der Waals surface area (Å²) in [6, 6.07) is 0. The Morgan fingerprint density at radius 3 is 2.90 bits per heavy atom. The Morgan fingerprint density at radius 2 is 2.10 bits per heavy atom. The van der Waals surface area contributed by atoms with Crippen molar-refractivity contribution < 1.29 is 19.1 Å². The molecule has 2 aliphatic carbocycles. The van der Waals surface area contributed by atoms with Crippen LogP contribution < -0.4 is 0 Å². The van der Waals surface area contributed by atoms with Crippen molar-refractivity contribution in [3.05, 3.63) is 35.5 Å². The molecule has 0 aromatic carbocycles. The van der Waals surface area contributed by atoms with Crippen molar-refractivity contribution in [3.63, 3.8) is 0 Å². The summed E-state index contributed by atoms with van der Waals surface area (Å²) in [5.41, 5.74) is 1.11. The van der Waals surface area contributed by atoms with Crippen molar-refractivity contribution in [1.82, 2.24) is 0 Å². The Labute approximate surface area is 117 Å². The lowest BCUT2D eigenvalue weighted by atomic mass is 9.52. The van der Waals surface area contributed by atoms with E-state index in [0.717, 1.165) is 11.1 Å². The van der Waals surface area contributed by atoms with E-state index in [0.29, 0.717) is 6.42 Å². The fraction of sp³-hybridized carbons (Fsp3) is 0.500. The number of carbonyl (C=O) groups excluding carboxylic acids is 2. The van der Waals surface area contributed by atoms with Gasteiger partial charge >= 0.3 is 11.9 Å². The highest BCUT2D eigenvalue weighted by Gasteiger charge is 2.63. The van der Waals surface area contributed by atoms with Gasteiger partial charge in [-0.1, -0.05) is 19.1 Å². The lowest BCUT2D eigenvalue weighted by molar-refractivity contribution is -0.147.